The van der Waals surface area contributed by atoms with Gasteiger partial charge in [-0.25, -0.2) is 4.79 Å². The van der Waals surface area contributed by atoms with Crippen molar-refractivity contribution in [1.82, 2.24) is 10.2 Å². The van der Waals surface area contributed by atoms with E-state index in [0.29, 0.717) is 32.1 Å². The number of benzene rings is 2. The molecular formula is C20H22N4O3. The average molecular weight is 366 g/mol. The van der Waals surface area contributed by atoms with Crippen molar-refractivity contribution >= 4 is 17.4 Å². The highest BCUT2D eigenvalue weighted by Gasteiger charge is 2.40. The number of nitrogens with zero attached hydrogens (tertiary/aromatic N) is 3. The first-order valence-electron chi connectivity index (χ1n) is 9.21. The maximum Gasteiger partial charge on any atom is 0.317 e. The van der Waals surface area contributed by atoms with E-state index in [-0.39, 0.29) is 22.7 Å². The Kier molecular flexibility index (Phi) is 4.66. The molecule has 140 valence electrons. The van der Waals surface area contributed by atoms with Gasteiger partial charge in [0.1, 0.15) is 0 Å². The fraction of sp³-hybridized carbons (Fsp3) is 0.350. The Hall–Kier alpha value is -3.09. The van der Waals surface area contributed by atoms with Gasteiger partial charge >= 0.3 is 6.03 Å². The number of piperazine rings is 1. The number of rotatable bonds is 4. The van der Waals surface area contributed by atoms with Gasteiger partial charge in [-0.2, -0.15) is 0 Å². The largest absolute Gasteiger partial charge is 0.368 e. The monoisotopic (exact) mass is 366 g/mol. The molecule has 1 saturated carbocycles. The summed E-state index contributed by atoms with van der Waals surface area (Å²) in [7, 11) is 0. The van der Waals surface area contributed by atoms with E-state index >= 15 is 0 Å². The molecule has 2 fully saturated rings. The van der Waals surface area contributed by atoms with Gasteiger partial charge in [0.25, 0.3) is 5.69 Å². The highest BCUT2D eigenvalue weighted by Crippen LogP contribution is 2.40. The second-order valence-corrected chi connectivity index (χ2v) is 7.06. The summed E-state index contributed by atoms with van der Waals surface area (Å²) in [6.07, 6.45) is 0.989. The highest BCUT2D eigenvalue weighted by molar-refractivity contribution is 5.75. The quantitative estimate of drug-likeness (QED) is 0.666. The maximum atomic E-state index is 12.5. The number of non-ortho nitro benzene ring substituents is 1. The molecule has 1 aliphatic heterocycles. The van der Waals surface area contributed by atoms with Gasteiger partial charge in [0.05, 0.1) is 4.92 Å². The van der Waals surface area contributed by atoms with Crippen LogP contribution >= 0.6 is 0 Å². The summed E-state index contributed by atoms with van der Waals surface area (Å²) in [6.45, 7) is 2.55. The number of amides is 2. The van der Waals surface area contributed by atoms with Gasteiger partial charge in [0.2, 0.25) is 0 Å². The predicted octanol–water partition coefficient (Wildman–Crippen LogP) is 2.98. The Balaban J connectivity index is 1.29. The van der Waals surface area contributed by atoms with Crippen LogP contribution in [0.4, 0.5) is 16.2 Å². The van der Waals surface area contributed by atoms with Crippen molar-refractivity contribution in [1.29, 1.82) is 0 Å². The van der Waals surface area contributed by atoms with Crippen molar-refractivity contribution in [2.45, 2.75) is 18.4 Å². The van der Waals surface area contributed by atoms with Crippen molar-refractivity contribution in [2.24, 2.45) is 0 Å². The maximum absolute atomic E-state index is 12.5. The van der Waals surface area contributed by atoms with Crippen LogP contribution in [0.1, 0.15) is 17.9 Å². The van der Waals surface area contributed by atoms with E-state index in [2.05, 4.69) is 22.3 Å². The Bertz CT molecular complexity index is 834. The van der Waals surface area contributed by atoms with Gasteiger partial charge in [-0.1, -0.05) is 36.4 Å². The number of carbonyl (C=O) groups is 1. The van der Waals surface area contributed by atoms with Crippen molar-refractivity contribution in [3.8, 4) is 0 Å². The van der Waals surface area contributed by atoms with E-state index < -0.39 is 0 Å². The number of nitro groups is 1. The Morgan fingerprint density at radius 2 is 1.78 bits per heavy atom. The molecule has 4 rings (SSSR count). The van der Waals surface area contributed by atoms with Crippen molar-refractivity contribution in [3.05, 3.63) is 70.3 Å². The third kappa shape index (κ3) is 3.86. The molecule has 1 N–H and O–H groups in total. The first-order chi connectivity index (χ1) is 13.1. The van der Waals surface area contributed by atoms with Crippen LogP contribution in [0.3, 0.4) is 0 Å². The average Bonchev–Trinajstić information content (AvgIpc) is 3.48. The molecule has 0 radical (unpaired) electrons. The Morgan fingerprint density at radius 1 is 1.04 bits per heavy atom. The molecular weight excluding hydrogens is 344 g/mol. The van der Waals surface area contributed by atoms with Crippen molar-refractivity contribution < 1.29 is 9.72 Å². The van der Waals surface area contributed by atoms with Gasteiger partial charge < -0.3 is 15.1 Å². The van der Waals surface area contributed by atoms with E-state index in [1.807, 2.05) is 29.2 Å². The molecule has 7 heteroatoms. The molecule has 2 amide bonds. The summed E-state index contributed by atoms with van der Waals surface area (Å²) in [5, 5.41) is 14.1. The van der Waals surface area contributed by atoms with Gasteiger partial charge in [-0.15, -0.1) is 0 Å². The lowest BCUT2D eigenvalue weighted by Crippen LogP contribution is -2.52. The molecule has 1 heterocycles. The second-order valence-electron chi connectivity index (χ2n) is 7.06. The third-order valence-electron chi connectivity index (χ3n) is 5.30. The van der Waals surface area contributed by atoms with Crippen LogP contribution in [0.25, 0.3) is 0 Å². The molecule has 0 bridgehead atoms. The Labute approximate surface area is 157 Å². The molecule has 0 aromatic heterocycles. The fourth-order valence-electron chi connectivity index (χ4n) is 3.64. The standard InChI is InChI=1S/C20H22N4O3/c25-20(21-19-14-18(19)15-5-2-1-3-6-15)23-11-9-22(10-12-23)16-7-4-8-17(13-16)24(26)27/h1-8,13,18-19H,9-12,14H2,(H,21,25)/t18-,19-/m0/s1. The van der Waals surface area contributed by atoms with Crippen molar-refractivity contribution in [3.63, 3.8) is 0 Å². The molecule has 2 atom stereocenters. The van der Waals surface area contributed by atoms with E-state index in [1.54, 1.807) is 12.1 Å². The van der Waals surface area contributed by atoms with Crippen LogP contribution in [-0.2, 0) is 0 Å². The van der Waals surface area contributed by atoms with Crippen LogP contribution < -0.4 is 10.2 Å². The molecule has 7 nitrogen and oxygen atoms in total. The fourth-order valence-corrected chi connectivity index (χ4v) is 3.64. The summed E-state index contributed by atoms with van der Waals surface area (Å²) in [6, 6.07) is 17.1. The lowest BCUT2D eigenvalue weighted by Gasteiger charge is -2.36. The molecule has 0 unspecified atom stereocenters. The van der Waals surface area contributed by atoms with E-state index in [0.717, 1.165) is 12.1 Å². The first-order valence-corrected chi connectivity index (χ1v) is 9.21. The normalized spacial score (nSPS) is 21.6. The van der Waals surface area contributed by atoms with E-state index in [9.17, 15) is 14.9 Å². The number of urea groups is 1. The van der Waals surface area contributed by atoms with Crippen LogP contribution in [0.15, 0.2) is 54.6 Å². The first kappa shape index (κ1) is 17.3. The minimum atomic E-state index is -0.383. The molecule has 1 saturated heterocycles. The summed E-state index contributed by atoms with van der Waals surface area (Å²) in [5.74, 6) is 0.418. The highest BCUT2D eigenvalue weighted by atomic mass is 16.6. The summed E-state index contributed by atoms with van der Waals surface area (Å²) in [5.41, 5.74) is 2.20. The lowest BCUT2D eigenvalue weighted by atomic mass is 10.1. The number of nitro benzene ring substituents is 1. The van der Waals surface area contributed by atoms with Crippen LogP contribution in [-0.4, -0.2) is 48.1 Å². The molecule has 2 aliphatic rings. The Morgan fingerprint density at radius 3 is 2.48 bits per heavy atom. The molecule has 2 aromatic carbocycles. The van der Waals surface area contributed by atoms with Crippen LogP contribution in [0.2, 0.25) is 0 Å². The smallest absolute Gasteiger partial charge is 0.317 e. The van der Waals surface area contributed by atoms with E-state index in [1.165, 1.54) is 11.6 Å². The van der Waals surface area contributed by atoms with Crippen LogP contribution in [0.5, 0.6) is 0 Å². The third-order valence-corrected chi connectivity index (χ3v) is 5.30. The number of nitrogens with one attached hydrogen (secondary N) is 1. The summed E-state index contributed by atoms with van der Waals surface area (Å²) in [4.78, 5) is 27.0. The summed E-state index contributed by atoms with van der Waals surface area (Å²) < 4.78 is 0. The molecule has 0 spiro atoms. The minimum Gasteiger partial charge on any atom is -0.368 e. The van der Waals surface area contributed by atoms with E-state index in [4.69, 9.17) is 0 Å². The zero-order valence-corrected chi connectivity index (χ0v) is 15.0. The second kappa shape index (κ2) is 7.26. The number of carbonyl (C=O) groups excluding carboxylic acids is 1. The van der Waals surface area contributed by atoms with Gasteiger partial charge in [-0.05, 0) is 18.1 Å². The summed E-state index contributed by atoms with van der Waals surface area (Å²) >= 11 is 0. The molecule has 27 heavy (non-hydrogen) atoms. The zero-order valence-electron chi connectivity index (χ0n) is 15.0. The minimum absolute atomic E-state index is 0.0166. The zero-order chi connectivity index (χ0) is 18.8. The van der Waals surface area contributed by atoms with Crippen molar-refractivity contribution in [2.75, 3.05) is 31.1 Å². The molecule has 1 aliphatic carbocycles. The molecule has 2 aromatic rings. The van der Waals surface area contributed by atoms with Gasteiger partial charge in [0.15, 0.2) is 0 Å². The topological polar surface area (TPSA) is 78.7 Å². The number of anilines is 1. The number of hydrogen-bond acceptors (Lipinski definition) is 4. The van der Waals surface area contributed by atoms with Gasteiger partial charge in [-0.3, -0.25) is 10.1 Å². The number of hydrogen-bond donors (Lipinski definition) is 1. The predicted molar refractivity (Wildman–Crippen MR) is 103 cm³/mol. The van der Waals surface area contributed by atoms with Gasteiger partial charge in [0, 0.05) is 56.0 Å². The lowest BCUT2D eigenvalue weighted by molar-refractivity contribution is -0.384. The SMILES string of the molecule is O=C(N[C@H]1C[C@H]1c1ccccc1)N1CCN(c2cccc([N+](=O)[O-])c2)CC1. The van der Waals surface area contributed by atoms with Crippen LogP contribution in [0, 0.1) is 10.1 Å².